The van der Waals surface area contributed by atoms with Crippen LogP contribution in [0.4, 0.5) is 9.18 Å². The zero-order valence-corrected chi connectivity index (χ0v) is 14.9. The average molecular weight is 378 g/mol. The third-order valence-corrected chi connectivity index (χ3v) is 5.90. The number of hydrogen-bond donors (Lipinski definition) is 2. The largest absolute Gasteiger partial charge is 0.355 e. The van der Waals surface area contributed by atoms with E-state index in [1.165, 1.54) is 24.3 Å². The quantitative estimate of drug-likeness (QED) is 0.632. The summed E-state index contributed by atoms with van der Waals surface area (Å²) in [6.07, 6.45) is 0.945. The Morgan fingerprint density at radius 1 is 1.12 bits per heavy atom. The summed E-state index contributed by atoms with van der Waals surface area (Å²) in [6.45, 7) is 1.82. The normalized spacial score (nSPS) is 19.5. The fourth-order valence-corrected chi connectivity index (χ4v) is 3.83. The van der Waals surface area contributed by atoms with E-state index in [1.54, 1.807) is 24.3 Å². The van der Waals surface area contributed by atoms with Crippen LogP contribution in [-0.2, 0) is 10.0 Å². The standard InChI is InChI=1S/C18H19FN2O4S/c1-12-2-8-17(9-3-12)26(24,25)20-18(22)21(23)16-10-14(11-16)13-4-6-15(19)7-5-13/h2-9,14,16,23H,10-11H2,1H3,(H,20,22). The number of benzene rings is 2. The molecule has 1 aliphatic carbocycles. The lowest BCUT2D eigenvalue weighted by atomic mass is 9.76. The molecule has 6 nitrogen and oxygen atoms in total. The SMILES string of the molecule is Cc1ccc(S(=O)(=O)NC(=O)N(O)C2CC(c3ccc(F)cc3)C2)cc1. The van der Waals surface area contributed by atoms with Gasteiger partial charge < -0.3 is 0 Å². The first-order chi connectivity index (χ1) is 12.3. The summed E-state index contributed by atoms with van der Waals surface area (Å²) >= 11 is 0. The molecule has 0 bridgehead atoms. The molecular weight excluding hydrogens is 359 g/mol. The lowest BCUT2D eigenvalue weighted by Crippen LogP contribution is -2.50. The highest BCUT2D eigenvalue weighted by Gasteiger charge is 2.37. The van der Waals surface area contributed by atoms with Crippen molar-refractivity contribution in [3.8, 4) is 0 Å². The van der Waals surface area contributed by atoms with Crippen molar-refractivity contribution in [1.29, 1.82) is 0 Å². The van der Waals surface area contributed by atoms with Crippen molar-refractivity contribution in [2.24, 2.45) is 0 Å². The van der Waals surface area contributed by atoms with Crippen LogP contribution in [0.3, 0.4) is 0 Å². The van der Waals surface area contributed by atoms with Gasteiger partial charge in [0.1, 0.15) is 5.82 Å². The van der Waals surface area contributed by atoms with Crippen molar-refractivity contribution in [3.63, 3.8) is 0 Å². The van der Waals surface area contributed by atoms with E-state index in [9.17, 15) is 22.8 Å². The molecule has 26 heavy (non-hydrogen) atoms. The number of nitrogens with one attached hydrogen (secondary N) is 1. The van der Waals surface area contributed by atoms with Gasteiger partial charge in [0.15, 0.2) is 0 Å². The number of hydroxylamine groups is 2. The number of nitrogens with zero attached hydrogens (tertiary/aromatic N) is 1. The minimum atomic E-state index is -4.05. The first-order valence-electron chi connectivity index (χ1n) is 8.13. The van der Waals surface area contributed by atoms with E-state index < -0.39 is 22.1 Å². The molecule has 2 aromatic carbocycles. The second kappa shape index (κ2) is 7.05. The van der Waals surface area contributed by atoms with Gasteiger partial charge in [-0.15, -0.1) is 0 Å². The van der Waals surface area contributed by atoms with Crippen molar-refractivity contribution in [2.45, 2.75) is 36.6 Å². The van der Waals surface area contributed by atoms with Gasteiger partial charge in [0.2, 0.25) is 0 Å². The number of sulfonamides is 1. The summed E-state index contributed by atoms with van der Waals surface area (Å²) in [5.41, 5.74) is 1.81. The first-order valence-corrected chi connectivity index (χ1v) is 9.61. The van der Waals surface area contributed by atoms with Crippen LogP contribution < -0.4 is 4.72 Å². The third-order valence-electron chi connectivity index (χ3n) is 4.56. The zero-order chi connectivity index (χ0) is 18.9. The summed E-state index contributed by atoms with van der Waals surface area (Å²) in [6, 6.07) is 10.5. The molecule has 0 atom stereocenters. The molecule has 1 saturated carbocycles. The fraction of sp³-hybridized carbons (Fsp3) is 0.278. The highest BCUT2D eigenvalue weighted by Crippen LogP contribution is 2.39. The number of rotatable bonds is 4. The van der Waals surface area contributed by atoms with Crippen molar-refractivity contribution in [3.05, 3.63) is 65.5 Å². The van der Waals surface area contributed by atoms with Gasteiger partial charge in [-0.1, -0.05) is 29.8 Å². The number of hydrogen-bond acceptors (Lipinski definition) is 4. The maximum atomic E-state index is 12.9. The number of amides is 2. The topological polar surface area (TPSA) is 86.7 Å². The van der Waals surface area contributed by atoms with E-state index in [1.807, 2.05) is 11.6 Å². The molecule has 1 aliphatic rings. The van der Waals surface area contributed by atoms with E-state index in [-0.39, 0.29) is 16.6 Å². The van der Waals surface area contributed by atoms with Gasteiger partial charge in [-0.3, -0.25) is 5.21 Å². The second-order valence-corrected chi connectivity index (χ2v) is 8.12. The molecule has 0 aliphatic heterocycles. The predicted molar refractivity (Wildman–Crippen MR) is 92.7 cm³/mol. The Kier molecular flexibility index (Phi) is 4.97. The number of carbonyl (C=O) groups is 1. The Bertz CT molecular complexity index is 892. The van der Waals surface area contributed by atoms with Crippen LogP contribution in [0.2, 0.25) is 0 Å². The third kappa shape index (κ3) is 3.86. The lowest BCUT2D eigenvalue weighted by Gasteiger charge is -2.39. The van der Waals surface area contributed by atoms with Crippen LogP contribution in [0, 0.1) is 12.7 Å². The molecule has 0 saturated heterocycles. The molecule has 138 valence electrons. The molecule has 3 rings (SSSR count). The van der Waals surface area contributed by atoms with Crippen LogP contribution >= 0.6 is 0 Å². The minimum Gasteiger partial charge on any atom is -0.284 e. The molecule has 2 N–H and O–H groups in total. The summed E-state index contributed by atoms with van der Waals surface area (Å²) in [4.78, 5) is 12.0. The molecule has 0 radical (unpaired) electrons. The van der Waals surface area contributed by atoms with Crippen LogP contribution in [0.5, 0.6) is 0 Å². The minimum absolute atomic E-state index is 0.0531. The highest BCUT2D eigenvalue weighted by atomic mass is 32.2. The summed E-state index contributed by atoms with van der Waals surface area (Å²) < 4.78 is 39.2. The smallest absolute Gasteiger partial charge is 0.284 e. The molecule has 0 aromatic heterocycles. The van der Waals surface area contributed by atoms with Gasteiger partial charge in [-0.05, 0) is 55.5 Å². The highest BCUT2D eigenvalue weighted by molar-refractivity contribution is 7.90. The second-order valence-electron chi connectivity index (χ2n) is 6.44. The van der Waals surface area contributed by atoms with Crippen LogP contribution in [0.25, 0.3) is 0 Å². The van der Waals surface area contributed by atoms with Crippen molar-refractivity contribution in [1.82, 2.24) is 9.79 Å². The maximum Gasteiger partial charge on any atom is 0.355 e. The van der Waals surface area contributed by atoms with Crippen molar-refractivity contribution in [2.75, 3.05) is 0 Å². The number of urea groups is 1. The van der Waals surface area contributed by atoms with Crippen LogP contribution in [0.15, 0.2) is 53.4 Å². The van der Waals surface area contributed by atoms with Gasteiger partial charge in [-0.2, -0.15) is 0 Å². The Morgan fingerprint density at radius 3 is 2.27 bits per heavy atom. The number of carbonyl (C=O) groups excluding carboxylic acids is 1. The van der Waals surface area contributed by atoms with E-state index in [0.717, 1.165) is 11.1 Å². The maximum absolute atomic E-state index is 12.9. The monoisotopic (exact) mass is 378 g/mol. The van der Waals surface area contributed by atoms with Gasteiger partial charge in [0.05, 0.1) is 10.9 Å². The average Bonchev–Trinajstić information content (AvgIpc) is 2.55. The van der Waals surface area contributed by atoms with E-state index in [0.29, 0.717) is 17.9 Å². The molecule has 2 aromatic rings. The number of aryl methyl sites for hydroxylation is 1. The van der Waals surface area contributed by atoms with Crippen molar-refractivity contribution >= 4 is 16.1 Å². The van der Waals surface area contributed by atoms with E-state index in [4.69, 9.17) is 0 Å². The number of halogens is 1. The molecule has 0 unspecified atom stereocenters. The van der Waals surface area contributed by atoms with E-state index >= 15 is 0 Å². The van der Waals surface area contributed by atoms with E-state index in [2.05, 4.69) is 0 Å². The Balaban J connectivity index is 1.58. The van der Waals surface area contributed by atoms with Gasteiger partial charge in [0.25, 0.3) is 10.0 Å². The molecule has 0 heterocycles. The summed E-state index contributed by atoms with van der Waals surface area (Å²) in [5, 5.41) is 10.4. The Morgan fingerprint density at radius 2 is 1.69 bits per heavy atom. The molecule has 0 spiro atoms. The van der Waals surface area contributed by atoms with Gasteiger partial charge >= 0.3 is 6.03 Å². The molecule has 2 amide bonds. The molecular formula is C18H19FN2O4S. The summed E-state index contributed by atoms with van der Waals surface area (Å²) in [5.74, 6) is -0.231. The van der Waals surface area contributed by atoms with Crippen LogP contribution in [-0.4, -0.2) is 30.8 Å². The summed E-state index contributed by atoms with van der Waals surface area (Å²) in [7, 11) is -4.05. The fourth-order valence-electron chi connectivity index (χ4n) is 2.90. The Hall–Kier alpha value is -2.45. The van der Waals surface area contributed by atoms with Gasteiger partial charge in [-0.25, -0.2) is 27.4 Å². The lowest BCUT2D eigenvalue weighted by molar-refractivity contribution is -0.103. The molecule has 8 heteroatoms. The molecule has 1 fully saturated rings. The predicted octanol–water partition coefficient (Wildman–Crippen LogP) is 3.17. The van der Waals surface area contributed by atoms with Gasteiger partial charge in [0, 0.05) is 0 Å². The first kappa shape index (κ1) is 18.3. The van der Waals surface area contributed by atoms with Crippen LogP contribution in [0.1, 0.15) is 29.9 Å². The Labute approximate surface area is 151 Å². The zero-order valence-electron chi connectivity index (χ0n) is 14.1. The van der Waals surface area contributed by atoms with Crippen molar-refractivity contribution < 1.29 is 22.8 Å².